The second-order valence-corrected chi connectivity index (χ2v) is 5.65. The summed E-state index contributed by atoms with van der Waals surface area (Å²) in [5.41, 5.74) is 3.94. The lowest BCUT2D eigenvalue weighted by Gasteiger charge is -2.22. The average Bonchev–Trinajstić information content (AvgIpc) is 3.11. The van der Waals surface area contributed by atoms with Crippen LogP contribution in [0.3, 0.4) is 0 Å². The SMILES string of the molecule is Cc1noc(C)c1C(=O)N1[C@H]2CC[C@H]1c1ccccc12. The van der Waals surface area contributed by atoms with Gasteiger partial charge < -0.3 is 9.42 Å². The smallest absolute Gasteiger partial charge is 0.260 e. The van der Waals surface area contributed by atoms with E-state index in [1.807, 2.05) is 11.8 Å². The third-order valence-corrected chi connectivity index (χ3v) is 4.58. The van der Waals surface area contributed by atoms with Crippen molar-refractivity contribution in [1.82, 2.24) is 10.1 Å². The van der Waals surface area contributed by atoms with Crippen LogP contribution >= 0.6 is 0 Å². The van der Waals surface area contributed by atoms with Gasteiger partial charge >= 0.3 is 0 Å². The van der Waals surface area contributed by atoms with E-state index in [4.69, 9.17) is 4.52 Å². The summed E-state index contributed by atoms with van der Waals surface area (Å²) < 4.78 is 5.15. The van der Waals surface area contributed by atoms with Crippen LogP contribution in [0.4, 0.5) is 0 Å². The summed E-state index contributed by atoms with van der Waals surface area (Å²) in [5.74, 6) is 0.674. The molecule has 102 valence electrons. The minimum Gasteiger partial charge on any atom is -0.361 e. The highest BCUT2D eigenvalue weighted by molar-refractivity contribution is 5.97. The zero-order valence-electron chi connectivity index (χ0n) is 11.6. The summed E-state index contributed by atoms with van der Waals surface area (Å²) in [6.07, 6.45) is 2.10. The second-order valence-electron chi connectivity index (χ2n) is 5.65. The van der Waals surface area contributed by atoms with Crippen molar-refractivity contribution in [3.05, 3.63) is 52.4 Å². The van der Waals surface area contributed by atoms with Crippen molar-refractivity contribution in [2.75, 3.05) is 0 Å². The van der Waals surface area contributed by atoms with E-state index in [1.165, 1.54) is 11.1 Å². The standard InChI is InChI=1S/C16H16N2O2/c1-9-15(10(2)20-17-9)16(19)18-13-7-8-14(18)12-6-4-3-5-11(12)13/h3-6,13-14H,7-8H2,1-2H3/t13-,14-/m0/s1. The average molecular weight is 268 g/mol. The molecule has 1 saturated heterocycles. The van der Waals surface area contributed by atoms with E-state index in [1.54, 1.807) is 6.92 Å². The zero-order valence-corrected chi connectivity index (χ0v) is 11.6. The van der Waals surface area contributed by atoms with Gasteiger partial charge in [0.2, 0.25) is 0 Å². The molecule has 2 aliphatic rings. The van der Waals surface area contributed by atoms with Crippen molar-refractivity contribution in [3.63, 3.8) is 0 Å². The summed E-state index contributed by atoms with van der Waals surface area (Å²) >= 11 is 0. The monoisotopic (exact) mass is 268 g/mol. The Bertz CT molecular complexity index is 654. The number of carbonyl (C=O) groups excluding carboxylic acids is 1. The van der Waals surface area contributed by atoms with E-state index in [9.17, 15) is 4.79 Å². The first-order valence-corrected chi connectivity index (χ1v) is 7.03. The van der Waals surface area contributed by atoms with Crippen molar-refractivity contribution in [2.24, 2.45) is 0 Å². The normalized spacial score (nSPS) is 23.2. The number of carbonyl (C=O) groups is 1. The topological polar surface area (TPSA) is 46.3 Å². The number of hydrogen-bond acceptors (Lipinski definition) is 3. The van der Waals surface area contributed by atoms with Crippen LogP contribution < -0.4 is 0 Å². The third kappa shape index (κ3) is 1.36. The Kier molecular flexibility index (Phi) is 2.31. The highest BCUT2D eigenvalue weighted by atomic mass is 16.5. The molecule has 20 heavy (non-hydrogen) atoms. The number of aromatic nitrogens is 1. The van der Waals surface area contributed by atoms with Crippen LogP contribution in [0, 0.1) is 13.8 Å². The van der Waals surface area contributed by atoms with E-state index in [-0.39, 0.29) is 18.0 Å². The van der Waals surface area contributed by atoms with Crippen molar-refractivity contribution >= 4 is 5.91 Å². The van der Waals surface area contributed by atoms with Crippen molar-refractivity contribution < 1.29 is 9.32 Å². The number of fused-ring (bicyclic) bond motifs is 5. The van der Waals surface area contributed by atoms with E-state index in [0.717, 1.165) is 12.8 Å². The Hall–Kier alpha value is -2.10. The summed E-state index contributed by atoms with van der Waals surface area (Å²) in [4.78, 5) is 14.9. The first-order chi connectivity index (χ1) is 9.68. The number of nitrogens with zero attached hydrogens (tertiary/aromatic N) is 2. The maximum Gasteiger partial charge on any atom is 0.260 e. The van der Waals surface area contributed by atoms with E-state index < -0.39 is 0 Å². The molecule has 4 rings (SSSR count). The molecule has 4 heteroatoms. The fourth-order valence-electron chi connectivity index (χ4n) is 3.74. The molecule has 0 aliphatic carbocycles. The lowest BCUT2D eigenvalue weighted by molar-refractivity contribution is 0.0694. The molecule has 0 spiro atoms. The molecule has 4 nitrogen and oxygen atoms in total. The summed E-state index contributed by atoms with van der Waals surface area (Å²) in [7, 11) is 0. The molecule has 0 radical (unpaired) electrons. The zero-order chi connectivity index (χ0) is 13.9. The van der Waals surface area contributed by atoms with Gasteiger partial charge in [0.15, 0.2) is 0 Å². The molecule has 3 heterocycles. The van der Waals surface area contributed by atoms with E-state index >= 15 is 0 Å². The van der Waals surface area contributed by atoms with Gasteiger partial charge in [-0.1, -0.05) is 29.4 Å². The number of hydrogen-bond donors (Lipinski definition) is 0. The molecule has 2 aromatic rings. The van der Waals surface area contributed by atoms with Gasteiger partial charge in [0.25, 0.3) is 5.91 Å². The molecule has 1 fully saturated rings. The third-order valence-electron chi connectivity index (χ3n) is 4.58. The number of amides is 1. The second kappa shape index (κ2) is 3.95. The number of aryl methyl sites for hydroxylation is 2. The Balaban J connectivity index is 1.78. The molecular weight excluding hydrogens is 252 g/mol. The van der Waals surface area contributed by atoms with Crippen molar-refractivity contribution in [1.29, 1.82) is 0 Å². The van der Waals surface area contributed by atoms with Crippen LogP contribution in [0.25, 0.3) is 0 Å². The van der Waals surface area contributed by atoms with Gasteiger partial charge in [-0.15, -0.1) is 0 Å². The largest absolute Gasteiger partial charge is 0.361 e. The molecule has 0 saturated carbocycles. The summed E-state index contributed by atoms with van der Waals surface area (Å²) in [6.45, 7) is 3.63. The Morgan fingerprint density at radius 3 is 2.30 bits per heavy atom. The van der Waals surface area contributed by atoms with Gasteiger partial charge in [-0.3, -0.25) is 4.79 Å². The quantitative estimate of drug-likeness (QED) is 0.797. The summed E-state index contributed by atoms with van der Waals surface area (Å²) in [5, 5.41) is 3.91. The highest BCUT2D eigenvalue weighted by Gasteiger charge is 2.47. The molecule has 1 amide bonds. The number of benzene rings is 1. The van der Waals surface area contributed by atoms with Crippen LogP contribution in [0.2, 0.25) is 0 Å². The molecule has 1 aromatic heterocycles. The predicted molar refractivity (Wildman–Crippen MR) is 73.3 cm³/mol. The van der Waals surface area contributed by atoms with Gasteiger partial charge in [-0.2, -0.15) is 0 Å². The first kappa shape index (κ1) is 11.7. The van der Waals surface area contributed by atoms with Gasteiger partial charge in [0.05, 0.1) is 17.8 Å². The maximum atomic E-state index is 12.9. The fourth-order valence-corrected chi connectivity index (χ4v) is 3.74. The number of rotatable bonds is 1. The predicted octanol–water partition coefficient (Wildman–Crippen LogP) is 3.32. The van der Waals surface area contributed by atoms with Crippen LogP contribution in [-0.2, 0) is 0 Å². The molecule has 1 aromatic carbocycles. The molecule has 0 unspecified atom stereocenters. The Morgan fingerprint density at radius 2 is 1.80 bits per heavy atom. The van der Waals surface area contributed by atoms with Crippen LogP contribution in [0.5, 0.6) is 0 Å². The van der Waals surface area contributed by atoms with E-state index in [2.05, 4.69) is 29.4 Å². The first-order valence-electron chi connectivity index (χ1n) is 7.03. The van der Waals surface area contributed by atoms with Crippen molar-refractivity contribution in [3.8, 4) is 0 Å². The van der Waals surface area contributed by atoms with Crippen molar-refractivity contribution in [2.45, 2.75) is 38.8 Å². The highest BCUT2D eigenvalue weighted by Crippen LogP contribution is 2.53. The maximum absolute atomic E-state index is 12.9. The summed E-state index contributed by atoms with van der Waals surface area (Å²) in [6, 6.07) is 8.84. The molecule has 2 atom stereocenters. The fraction of sp³-hybridized carbons (Fsp3) is 0.375. The molecule has 2 aliphatic heterocycles. The van der Waals surface area contributed by atoms with Gasteiger partial charge in [0, 0.05) is 0 Å². The Labute approximate surface area is 117 Å². The molecule has 2 bridgehead atoms. The van der Waals surface area contributed by atoms with E-state index in [0.29, 0.717) is 17.0 Å². The van der Waals surface area contributed by atoms with Gasteiger partial charge in [0.1, 0.15) is 11.3 Å². The Morgan fingerprint density at radius 1 is 1.20 bits per heavy atom. The molecular formula is C16H16N2O2. The minimum absolute atomic E-state index is 0.0601. The van der Waals surface area contributed by atoms with Gasteiger partial charge in [-0.25, -0.2) is 0 Å². The van der Waals surface area contributed by atoms with Crippen LogP contribution in [0.15, 0.2) is 28.8 Å². The lowest BCUT2D eigenvalue weighted by Crippen LogP contribution is -2.28. The minimum atomic E-state index is 0.0601. The van der Waals surface area contributed by atoms with Crippen LogP contribution in [-0.4, -0.2) is 16.0 Å². The lowest BCUT2D eigenvalue weighted by atomic mass is 9.92. The van der Waals surface area contributed by atoms with Gasteiger partial charge in [-0.05, 0) is 37.8 Å². The van der Waals surface area contributed by atoms with Crippen LogP contribution in [0.1, 0.15) is 57.9 Å². The molecule has 0 N–H and O–H groups in total.